The minimum atomic E-state index is -1.07. The Morgan fingerprint density at radius 3 is 2.87 bits per heavy atom. The third-order valence-electron chi connectivity index (χ3n) is 1.86. The lowest BCUT2D eigenvalue weighted by atomic mass is 10.2. The Balaban J connectivity index is 2.52. The first kappa shape index (κ1) is 9.67. The van der Waals surface area contributed by atoms with E-state index in [1.807, 2.05) is 0 Å². The Hall–Kier alpha value is -1.88. The third kappa shape index (κ3) is 1.82. The molecule has 1 heterocycles. The monoisotopic (exact) mass is 223 g/mol. The van der Waals surface area contributed by atoms with Crippen LogP contribution < -0.4 is 0 Å². The van der Waals surface area contributed by atoms with Gasteiger partial charge < -0.3 is 5.11 Å². The first-order chi connectivity index (χ1) is 7.18. The predicted molar refractivity (Wildman–Crippen MR) is 53.3 cm³/mol. The lowest BCUT2D eigenvalue weighted by Gasteiger charge is -2.03. The summed E-state index contributed by atoms with van der Waals surface area (Å²) in [7, 11) is 0. The van der Waals surface area contributed by atoms with Gasteiger partial charge in [0.2, 0.25) is 0 Å². The molecule has 0 bridgehead atoms. The molecule has 76 valence electrons. The number of aromatic carboxylic acids is 1. The van der Waals surface area contributed by atoms with Crippen LogP contribution in [-0.2, 0) is 0 Å². The van der Waals surface area contributed by atoms with E-state index in [2.05, 4.69) is 10.1 Å². The Morgan fingerprint density at radius 2 is 2.27 bits per heavy atom. The van der Waals surface area contributed by atoms with Crippen LogP contribution in [0.25, 0.3) is 5.69 Å². The maximum absolute atomic E-state index is 10.8. The molecule has 15 heavy (non-hydrogen) atoms. The fourth-order valence-electron chi connectivity index (χ4n) is 1.16. The second-order valence-electron chi connectivity index (χ2n) is 2.81. The molecule has 1 aromatic carbocycles. The first-order valence-electron chi connectivity index (χ1n) is 4.06. The summed E-state index contributed by atoms with van der Waals surface area (Å²) in [5, 5.41) is 12.9. The summed E-state index contributed by atoms with van der Waals surface area (Å²) in [6.45, 7) is 0. The largest absolute Gasteiger partial charge is 0.478 e. The molecule has 0 unspecified atom stereocenters. The van der Waals surface area contributed by atoms with Crippen LogP contribution in [0.5, 0.6) is 0 Å². The van der Waals surface area contributed by atoms with Gasteiger partial charge in [-0.05, 0) is 18.2 Å². The van der Waals surface area contributed by atoms with Gasteiger partial charge in [0, 0.05) is 0 Å². The average molecular weight is 224 g/mol. The molecule has 0 fully saturated rings. The van der Waals surface area contributed by atoms with Gasteiger partial charge in [0.1, 0.15) is 12.7 Å². The minimum Gasteiger partial charge on any atom is -0.478 e. The van der Waals surface area contributed by atoms with Crippen molar-refractivity contribution in [3.05, 3.63) is 41.4 Å². The molecule has 0 aliphatic rings. The number of carboxylic acid groups (broad SMARTS) is 1. The molecule has 5 nitrogen and oxygen atoms in total. The predicted octanol–water partition coefficient (Wildman–Crippen LogP) is 1.62. The maximum Gasteiger partial charge on any atom is 0.337 e. The number of benzene rings is 1. The number of hydrogen-bond acceptors (Lipinski definition) is 3. The molecule has 1 aromatic heterocycles. The molecule has 0 saturated heterocycles. The highest BCUT2D eigenvalue weighted by Crippen LogP contribution is 2.19. The summed E-state index contributed by atoms with van der Waals surface area (Å²) in [5.74, 6) is -1.07. The van der Waals surface area contributed by atoms with Gasteiger partial charge in [-0.3, -0.25) is 0 Å². The van der Waals surface area contributed by atoms with Gasteiger partial charge in [0.15, 0.2) is 0 Å². The van der Waals surface area contributed by atoms with Crippen LogP contribution in [0.2, 0.25) is 5.02 Å². The summed E-state index contributed by atoms with van der Waals surface area (Å²) >= 11 is 5.73. The first-order valence-corrected chi connectivity index (χ1v) is 4.44. The van der Waals surface area contributed by atoms with E-state index in [1.54, 1.807) is 6.07 Å². The highest BCUT2D eigenvalue weighted by atomic mass is 35.5. The molecule has 0 amide bonds. The molecule has 0 radical (unpaired) electrons. The normalized spacial score (nSPS) is 10.2. The van der Waals surface area contributed by atoms with Gasteiger partial charge in [0.05, 0.1) is 16.3 Å². The fraction of sp³-hybridized carbons (Fsp3) is 0. The summed E-state index contributed by atoms with van der Waals surface area (Å²) in [5.41, 5.74) is 0.652. The van der Waals surface area contributed by atoms with E-state index in [0.29, 0.717) is 5.69 Å². The van der Waals surface area contributed by atoms with Gasteiger partial charge in [-0.25, -0.2) is 14.5 Å². The zero-order chi connectivity index (χ0) is 10.8. The number of aromatic nitrogens is 3. The van der Waals surface area contributed by atoms with Crippen molar-refractivity contribution in [2.24, 2.45) is 0 Å². The van der Waals surface area contributed by atoms with Crippen molar-refractivity contribution in [1.29, 1.82) is 0 Å². The van der Waals surface area contributed by atoms with Gasteiger partial charge in [-0.2, -0.15) is 5.10 Å². The molecule has 0 atom stereocenters. The fourth-order valence-corrected chi connectivity index (χ4v) is 1.36. The second-order valence-corrected chi connectivity index (χ2v) is 3.22. The number of halogens is 1. The number of carbonyl (C=O) groups is 1. The van der Waals surface area contributed by atoms with E-state index in [9.17, 15) is 4.79 Å². The molecule has 0 aliphatic carbocycles. The number of carboxylic acids is 1. The highest BCUT2D eigenvalue weighted by Gasteiger charge is 2.10. The van der Waals surface area contributed by atoms with Crippen LogP contribution in [-0.4, -0.2) is 25.8 Å². The lowest BCUT2D eigenvalue weighted by molar-refractivity contribution is 0.0697. The zero-order valence-electron chi connectivity index (χ0n) is 7.46. The second kappa shape index (κ2) is 3.70. The molecule has 1 N–H and O–H groups in total. The van der Waals surface area contributed by atoms with E-state index in [-0.39, 0.29) is 10.6 Å². The smallest absolute Gasteiger partial charge is 0.337 e. The van der Waals surface area contributed by atoms with Crippen LogP contribution in [0.4, 0.5) is 0 Å². The summed E-state index contributed by atoms with van der Waals surface area (Å²) in [4.78, 5) is 14.6. The molecular formula is C9H6ClN3O2. The third-order valence-corrected chi connectivity index (χ3v) is 2.19. The van der Waals surface area contributed by atoms with Crippen LogP contribution in [0.1, 0.15) is 10.4 Å². The summed E-state index contributed by atoms with van der Waals surface area (Å²) < 4.78 is 1.46. The van der Waals surface area contributed by atoms with Gasteiger partial charge in [-0.15, -0.1) is 0 Å². The highest BCUT2D eigenvalue weighted by molar-refractivity contribution is 6.33. The summed E-state index contributed by atoms with van der Waals surface area (Å²) in [6, 6.07) is 4.63. The quantitative estimate of drug-likeness (QED) is 0.840. The van der Waals surface area contributed by atoms with E-state index < -0.39 is 5.97 Å². The van der Waals surface area contributed by atoms with E-state index >= 15 is 0 Å². The van der Waals surface area contributed by atoms with Crippen molar-refractivity contribution in [3.8, 4) is 5.69 Å². The van der Waals surface area contributed by atoms with Crippen molar-refractivity contribution in [1.82, 2.24) is 14.8 Å². The van der Waals surface area contributed by atoms with Crippen molar-refractivity contribution in [3.63, 3.8) is 0 Å². The number of rotatable bonds is 2. The SMILES string of the molecule is O=C(O)c1cc(-n2cncn2)ccc1Cl. The van der Waals surface area contributed by atoms with Crippen LogP contribution in [0, 0.1) is 0 Å². The van der Waals surface area contributed by atoms with Crippen LogP contribution >= 0.6 is 11.6 Å². The molecular weight excluding hydrogens is 218 g/mol. The van der Waals surface area contributed by atoms with Crippen molar-refractivity contribution < 1.29 is 9.90 Å². The molecule has 2 rings (SSSR count). The summed E-state index contributed by atoms with van der Waals surface area (Å²) in [6.07, 6.45) is 2.85. The maximum atomic E-state index is 10.8. The topological polar surface area (TPSA) is 68.0 Å². The Labute approximate surface area is 89.9 Å². The van der Waals surface area contributed by atoms with Crippen LogP contribution in [0.15, 0.2) is 30.9 Å². The molecule has 6 heteroatoms. The standard InChI is InChI=1S/C9H6ClN3O2/c10-8-2-1-6(3-7(8)9(14)15)13-5-11-4-12-13/h1-5H,(H,14,15). The Kier molecular flexibility index (Phi) is 2.39. The van der Waals surface area contributed by atoms with E-state index in [1.165, 1.54) is 29.5 Å². The number of hydrogen-bond donors (Lipinski definition) is 1. The van der Waals surface area contributed by atoms with Gasteiger partial charge in [0.25, 0.3) is 0 Å². The molecule has 0 saturated carbocycles. The van der Waals surface area contributed by atoms with Crippen LogP contribution in [0.3, 0.4) is 0 Å². The molecule has 2 aromatic rings. The van der Waals surface area contributed by atoms with E-state index in [0.717, 1.165) is 0 Å². The zero-order valence-corrected chi connectivity index (χ0v) is 8.22. The van der Waals surface area contributed by atoms with Crippen molar-refractivity contribution in [2.45, 2.75) is 0 Å². The minimum absolute atomic E-state index is 0.0460. The molecule has 0 aliphatic heterocycles. The van der Waals surface area contributed by atoms with Gasteiger partial charge >= 0.3 is 5.97 Å². The lowest BCUT2D eigenvalue weighted by Crippen LogP contribution is -2.01. The Morgan fingerprint density at radius 1 is 1.47 bits per heavy atom. The number of nitrogens with zero attached hydrogens (tertiary/aromatic N) is 3. The molecule has 0 spiro atoms. The average Bonchev–Trinajstić information content (AvgIpc) is 2.71. The van der Waals surface area contributed by atoms with Crippen molar-refractivity contribution >= 4 is 17.6 Å². The Bertz CT molecular complexity index is 496. The van der Waals surface area contributed by atoms with E-state index in [4.69, 9.17) is 16.7 Å². The van der Waals surface area contributed by atoms with Gasteiger partial charge in [-0.1, -0.05) is 11.6 Å². The van der Waals surface area contributed by atoms with Crippen molar-refractivity contribution in [2.75, 3.05) is 0 Å².